The van der Waals surface area contributed by atoms with Crippen LogP contribution in [-0.2, 0) is 21.2 Å². The summed E-state index contributed by atoms with van der Waals surface area (Å²) in [6.45, 7) is -0.00485. The molecule has 3 aromatic rings. The number of halogens is 1. The van der Waals surface area contributed by atoms with Crippen molar-refractivity contribution in [1.82, 2.24) is 0 Å². The molecule has 7 heteroatoms. The Hall–Kier alpha value is -1.89. The minimum absolute atomic E-state index is 0.00485. The highest BCUT2D eigenvalue weighted by Crippen LogP contribution is 2.35. The predicted molar refractivity (Wildman–Crippen MR) is 95.5 cm³/mol. The Morgan fingerprint density at radius 1 is 1.12 bits per heavy atom. The predicted octanol–water partition coefficient (Wildman–Crippen LogP) is 4.32. The van der Waals surface area contributed by atoms with Gasteiger partial charge in [-0.25, -0.2) is 13.2 Å². The van der Waals surface area contributed by atoms with Gasteiger partial charge in [-0.05, 0) is 18.2 Å². The van der Waals surface area contributed by atoms with Gasteiger partial charge in [0, 0.05) is 16.3 Å². The van der Waals surface area contributed by atoms with Gasteiger partial charge < -0.3 is 4.74 Å². The zero-order valence-electron chi connectivity index (χ0n) is 12.7. The Balaban J connectivity index is 1.85. The number of fused-ring (bicyclic) bond motifs is 1. The van der Waals surface area contributed by atoms with Gasteiger partial charge in [0.15, 0.2) is 9.84 Å². The molecule has 2 aromatic carbocycles. The normalized spacial score (nSPS) is 11.6. The molecule has 1 aromatic heterocycles. The van der Waals surface area contributed by atoms with E-state index in [2.05, 4.69) is 0 Å². The van der Waals surface area contributed by atoms with Gasteiger partial charge in [-0.15, -0.1) is 11.3 Å². The summed E-state index contributed by atoms with van der Waals surface area (Å²) in [5, 5.41) is 1.46. The molecule has 0 radical (unpaired) electrons. The van der Waals surface area contributed by atoms with Crippen LogP contribution >= 0.6 is 22.9 Å². The average molecular weight is 381 g/mol. The summed E-state index contributed by atoms with van der Waals surface area (Å²) >= 11 is 7.76. The van der Waals surface area contributed by atoms with E-state index in [9.17, 15) is 13.2 Å². The second-order valence-corrected chi connectivity index (χ2v) is 8.68. The molecule has 0 aliphatic carbocycles. The first-order valence-corrected chi connectivity index (χ1v) is 10.1. The van der Waals surface area contributed by atoms with Gasteiger partial charge >= 0.3 is 5.97 Å². The van der Waals surface area contributed by atoms with Crippen molar-refractivity contribution in [2.24, 2.45) is 0 Å². The van der Waals surface area contributed by atoms with Crippen LogP contribution in [0, 0.1) is 0 Å². The third kappa shape index (κ3) is 3.31. The molecule has 24 heavy (non-hydrogen) atoms. The zero-order valence-corrected chi connectivity index (χ0v) is 15.0. The summed E-state index contributed by atoms with van der Waals surface area (Å²) in [7, 11) is -3.51. The minimum atomic E-state index is -3.51. The van der Waals surface area contributed by atoms with E-state index in [1.54, 1.807) is 12.1 Å². The number of esters is 1. The van der Waals surface area contributed by atoms with Crippen LogP contribution in [-0.4, -0.2) is 20.6 Å². The highest BCUT2D eigenvalue weighted by molar-refractivity contribution is 7.90. The number of benzene rings is 2. The number of carbonyl (C=O) groups excluding carboxylic acids is 1. The molecule has 4 nitrogen and oxygen atoms in total. The van der Waals surface area contributed by atoms with Crippen LogP contribution < -0.4 is 0 Å². The number of sulfone groups is 1. The van der Waals surface area contributed by atoms with Gasteiger partial charge in [0.05, 0.1) is 20.4 Å². The third-order valence-corrected chi connectivity index (χ3v) is 6.29. The van der Waals surface area contributed by atoms with Crippen molar-refractivity contribution >= 4 is 48.8 Å². The van der Waals surface area contributed by atoms with E-state index < -0.39 is 15.8 Å². The molecular weight excluding hydrogens is 368 g/mol. The number of hydrogen-bond donors (Lipinski definition) is 0. The largest absolute Gasteiger partial charge is 0.456 e. The molecule has 0 bridgehead atoms. The first-order chi connectivity index (χ1) is 11.4. The van der Waals surface area contributed by atoms with Crippen LogP contribution in [0.15, 0.2) is 53.4 Å². The lowest BCUT2D eigenvalue weighted by molar-refractivity contribution is 0.0472. The van der Waals surface area contributed by atoms with Gasteiger partial charge in [-0.1, -0.05) is 41.9 Å². The Bertz CT molecular complexity index is 1020. The molecule has 3 rings (SSSR count). The van der Waals surface area contributed by atoms with Crippen molar-refractivity contribution in [3.05, 3.63) is 64.0 Å². The summed E-state index contributed by atoms with van der Waals surface area (Å²) in [5.41, 5.74) is 0.0252. The fourth-order valence-electron chi connectivity index (χ4n) is 2.32. The molecule has 0 saturated carbocycles. The monoisotopic (exact) mass is 380 g/mol. The molecule has 124 valence electrons. The highest BCUT2D eigenvalue weighted by Gasteiger charge is 2.20. The van der Waals surface area contributed by atoms with Gasteiger partial charge in [0.2, 0.25) is 0 Å². The van der Waals surface area contributed by atoms with Crippen LogP contribution in [0.2, 0.25) is 5.02 Å². The van der Waals surface area contributed by atoms with Gasteiger partial charge in [-0.2, -0.15) is 0 Å². The standard InChI is InChI=1S/C17H13ClO4S2/c1-24(20,21)15-9-5-3-7-12(15)17(19)22-10-14-16(18)11-6-2-4-8-13(11)23-14/h2-9H,10H2,1H3. The van der Waals surface area contributed by atoms with E-state index in [1.807, 2.05) is 24.3 Å². The molecule has 0 aliphatic rings. The maximum atomic E-state index is 12.3. The lowest BCUT2D eigenvalue weighted by Crippen LogP contribution is -2.11. The smallest absolute Gasteiger partial charge is 0.339 e. The van der Waals surface area contributed by atoms with E-state index in [-0.39, 0.29) is 17.1 Å². The highest BCUT2D eigenvalue weighted by atomic mass is 35.5. The molecule has 0 amide bonds. The SMILES string of the molecule is CS(=O)(=O)c1ccccc1C(=O)OCc1sc2ccccc2c1Cl. The van der Waals surface area contributed by atoms with Gasteiger partial charge in [0.25, 0.3) is 0 Å². The Labute approximate surface area is 148 Å². The Morgan fingerprint density at radius 2 is 1.79 bits per heavy atom. The van der Waals surface area contributed by atoms with Crippen molar-refractivity contribution in [3.63, 3.8) is 0 Å². The first kappa shape index (κ1) is 17.0. The summed E-state index contributed by atoms with van der Waals surface area (Å²) in [6.07, 6.45) is 1.06. The Morgan fingerprint density at radius 3 is 2.50 bits per heavy atom. The van der Waals surface area contributed by atoms with E-state index in [0.717, 1.165) is 21.2 Å². The van der Waals surface area contributed by atoms with Crippen molar-refractivity contribution in [3.8, 4) is 0 Å². The van der Waals surface area contributed by atoms with Crippen molar-refractivity contribution in [2.45, 2.75) is 11.5 Å². The summed E-state index contributed by atoms with van der Waals surface area (Å²) < 4.78 is 29.8. The topological polar surface area (TPSA) is 60.4 Å². The van der Waals surface area contributed by atoms with Crippen molar-refractivity contribution in [2.75, 3.05) is 6.26 Å². The van der Waals surface area contributed by atoms with Crippen LogP contribution in [0.4, 0.5) is 0 Å². The number of hydrogen-bond acceptors (Lipinski definition) is 5. The van der Waals surface area contributed by atoms with E-state index in [4.69, 9.17) is 16.3 Å². The lowest BCUT2D eigenvalue weighted by atomic mass is 10.2. The molecule has 0 spiro atoms. The van der Waals surface area contributed by atoms with E-state index in [0.29, 0.717) is 5.02 Å². The molecule has 1 heterocycles. The number of ether oxygens (including phenoxy) is 1. The fraction of sp³-hybridized carbons (Fsp3) is 0.118. The third-order valence-electron chi connectivity index (χ3n) is 3.44. The lowest BCUT2D eigenvalue weighted by Gasteiger charge is -2.07. The molecular formula is C17H13ClO4S2. The van der Waals surface area contributed by atoms with Crippen LogP contribution in [0.1, 0.15) is 15.2 Å². The Kier molecular flexibility index (Phi) is 4.62. The summed E-state index contributed by atoms with van der Waals surface area (Å²) in [4.78, 5) is 13.0. The fourth-order valence-corrected chi connectivity index (χ4v) is 4.60. The number of carbonyl (C=O) groups is 1. The molecule has 0 aliphatic heterocycles. The first-order valence-electron chi connectivity index (χ1n) is 7.00. The second kappa shape index (κ2) is 6.55. The van der Waals surface area contributed by atoms with E-state index >= 15 is 0 Å². The van der Waals surface area contributed by atoms with Gasteiger partial charge in [0.1, 0.15) is 6.61 Å². The quantitative estimate of drug-likeness (QED) is 0.632. The van der Waals surface area contributed by atoms with Crippen molar-refractivity contribution < 1.29 is 17.9 Å². The van der Waals surface area contributed by atoms with Gasteiger partial charge in [-0.3, -0.25) is 0 Å². The molecule has 0 saturated heterocycles. The van der Waals surface area contributed by atoms with Crippen LogP contribution in [0.3, 0.4) is 0 Å². The van der Waals surface area contributed by atoms with Crippen LogP contribution in [0.25, 0.3) is 10.1 Å². The van der Waals surface area contributed by atoms with Crippen LogP contribution in [0.5, 0.6) is 0 Å². The van der Waals surface area contributed by atoms with E-state index in [1.165, 1.54) is 23.5 Å². The molecule has 0 N–H and O–H groups in total. The number of thiophene rings is 1. The average Bonchev–Trinajstić information content (AvgIpc) is 2.88. The molecule has 0 atom stereocenters. The van der Waals surface area contributed by atoms with Crippen molar-refractivity contribution in [1.29, 1.82) is 0 Å². The second-order valence-electron chi connectivity index (χ2n) is 5.18. The molecule has 0 fully saturated rings. The molecule has 0 unspecified atom stereocenters. The maximum absolute atomic E-state index is 12.3. The minimum Gasteiger partial charge on any atom is -0.456 e. The summed E-state index contributed by atoms with van der Waals surface area (Å²) in [5.74, 6) is -0.690. The zero-order chi connectivity index (χ0) is 17.3. The number of rotatable bonds is 4. The maximum Gasteiger partial charge on any atom is 0.339 e. The summed E-state index contributed by atoms with van der Waals surface area (Å²) in [6, 6.07) is 13.6.